The van der Waals surface area contributed by atoms with Gasteiger partial charge in [-0.2, -0.15) is 0 Å². The lowest BCUT2D eigenvalue weighted by Gasteiger charge is -2.21. The quantitative estimate of drug-likeness (QED) is 0.849. The summed E-state index contributed by atoms with van der Waals surface area (Å²) < 4.78 is 5.95. The molecule has 0 saturated heterocycles. The van der Waals surface area contributed by atoms with E-state index < -0.39 is 0 Å². The molecule has 0 spiro atoms. The second kappa shape index (κ2) is 5.21. The first-order valence-electron chi connectivity index (χ1n) is 6.42. The average Bonchev–Trinajstić information content (AvgIpc) is 2.65. The van der Waals surface area contributed by atoms with E-state index in [9.17, 15) is 4.79 Å². The van der Waals surface area contributed by atoms with E-state index in [4.69, 9.17) is 4.74 Å². The van der Waals surface area contributed by atoms with Gasteiger partial charge in [0.15, 0.2) is 17.8 Å². The van der Waals surface area contributed by atoms with E-state index in [0.29, 0.717) is 6.41 Å². The molecule has 2 aliphatic rings. The molecule has 1 unspecified atom stereocenters. The summed E-state index contributed by atoms with van der Waals surface area (Å²) in [5.41, 5.74) is 1.75. The maximum absolute atomic E-state index is 10.6. The average molecular weight is 269 g/mol. The molecule has 3 rings (SSSR count). The largest absolute Gasteiger partial charge is 0.462 e. The third-order valence-electron chi connectivity index (χ3n) is 3.30. The molecule has 1 aliphatic heterocycles. The number of pyridine rings is 1. The van der Waals surface area contributed by atoms with Gasteiger partial charge in [0.1, 0.15) is 0 Å². The third kappa shape index (κ3) is 2.18. The van der Waals surface area contributed by atoms with Crippen LogP contribution in [0.2, 0.25) is 0 Å². The predicted octanol–water partition coefficient (Wildman–Crippen LogP) is 1.75. The van der Waals surface area contributed by atoms with Crippen molar-refractivity contribution in [3.8, 4) is 5.75 Å². The van der Waals surface area contributed by atoms with Gasteiger partial charge in [0.2, 0.25) is 6.41 Å². The van der Waals surface area contributed by atoms with Crippen LogP contribution >= 0.6 is 0 Å². The lowest BCUT2D eigenvalue weighted by molar-refractivity contribution is -0.108. The first kappa shape index (κ1) is 12.5. The number of fused-ring (bicyclic) bond motifs is 1. The van der Waals surface area contributed by atoms with Crippen LogP contribution in [-0.2, 0) is 4.79 Å². The number of nitrogens with zero attached hydrogens (tertiary/aromatic N) is 2. The van der Waals surface area contributed by atoms with Crippen LogP contribution in [0, 0.1) is 0 Å². The van der Waals surface area contributed by atoms with Gasteiger partial charge in [0.05, 0.1) is 0 Å². The molecule has 0 saturated carbocycles. The van der Waals surface area contributed by atoms with E-state index in [-0.39, 0.29) is 6.23 Å². The first-order valence-corrected chi connectivity index (χ1v) is 6.42. The number of allylic oxidation sites excluding steroid dienone is 3. The highest BCUT2D eigenvalue weighted by atomic mass is 16.5. The van der Waals surface area contributed by atoms with Gasteiger partial charge < -0.3 is 15.0 Å². The molecule has 1 aromatic heterocycles. The van der Waals surface area contributed by atoms with Crippen molar-refractivity contribution in [3.63, 3.8) is 0 Å². The fourth-order valence-electron chi connectivity index (χ4n) is 2.36. The number of ether oxygens (including phenoxy) is 1. The predicted molar refractivity (Wildman–Crippen MR) is 76.2 cm³/mol. The Morgan fingerprint density at radius 3 is 3.25 bits per heavy atom. The number of hydrogen-bond acceptors (Lipinski definition) is 4. The van der Waals surface area contributed by atoms with E-state index in [1.807, 2.05) is 42.3 Å². The fraction of sp³-hybridized carbons (Fsp3) is 0.200. The number of anilines is 1. The van der Waals surface area contributed by atoms with Crippen LogP contribution < -0.4 is 15.0 Å². The Balaban J connectivity index is 1.89. The molecule has 2 heterocycles. The van der Waals surface area contributed by atoms with Crippen molar-refractivity contribution in [1.29, 1.82) is 0 Å². The van der Waals surface area contributed by atoms with Gasteiger partial charge in [-0.3, -0.25) is 4.79 Å². The number of rotatable bonds is 3. The van der Waals surface area contributed by atoms with Crippen LogP contribution in [0.1, 0.15) is 6.42 Å². The summed E-state index contributed by atoms with van der Waals surface area (Å²) in [5.74, 6) is 1.60. The molecule has 1 amide bonds. The van der Waals surface area contributed by atoms with Crippen LogP contribution in [0.15, 0.2) is 53.9 Å². The Bertz CT molecular complexity index is 619. The van der Waals surface area contributed by atoms with Gasteiger partial charge in [0, 0.05) is 24.5 Å². The minimum atomic E-state index is -0.219. The summed E-state index contributed by atoms with van der Waals surface area (Å²) in [6, 6.07) is 3.76. The second-order valence-electron chi connectivity index (χ2n) is 4.61. The van der Waals surface area contributed by atoms with Crippen molar-refractivity contribution in [1.82, 2.24) is 10.3 Å². The zero-order valence-electron chi connectivity index (χ0n) is 11.1. The summed E-state index contributed by atoms with van der Waals surface area (Å²) in [4.78, 5) is 16.9. The molecule has 5 nitrogen and oxygen atoms in total. The van der Waals surface area contributed by atoms with Gasteiger partial charge in [-0.1, -0.05) is 12.2 Å². The molecule has 0 bridgehead atoms. The fourth-order valence-corrected chi connectivity index (χ4v) is 2.36. The van der Waals surface area contributed by atoms with Crippen molar-refractivity contribution in [2.24, 2.45) is 0 Å². The monoisotopic (exact) mass is 269 g/mol. The number of hydrogen-bond donors (Lipinski definition) is 1. The molecule has 1 aromatic rings. The van der Waals surface area contributed by atoms with Crippen LogP contribution in [-0.4, -0.2) is 24.7 Å². The minimum Gasteiger partial charge on any atom is -0.462 e. The number of aromatic nitrogens is 1. The van der Waals surface area contributed by atoms with Gasteiger partial charge in [-0.25, -0.2) is 4.98 Å². The van der Waals surface area contributed by atoms with Crippen molar-refractivity contribution in [2.45, 2.75) is 12.6 Å². The van der Waals surface area contributed by atoms with E-state index in [1.165, 1.54) is 0 Å². The molecule has 1 aliphatic carbocycles. The number of amides is 1. The molecule has 0 radical (unpaired) electrons. The van der Waals surface area contributed by atoms with Gasteiger partial charge in [-0.05, 0) is 30.7 Å². The van der Waals surface area contributed by atoms with Crippen LogP contribution in [0.4, 0.5) is 5.82 Å². The van der Waals surface area contributed by atoms with Gasteiger partial charge in [-0.15, -0.1) is 0 Å². The molecule has 20 heavy (non-hydrogen) atoms. The maximum atomic E-state index is 10.6. The molecule has 1 N–H and O–H groups in total. The Morgan fingerprint density at radius 2 is 2.45 bits per heavy atom. The molecule has 0 aromatic carbocycles. The Kier molecular flexibility index (Phi) is 3.25. The summed E-state index contributed by atoms with van der Waals surface area (Å²) in [6.07, 6.45) is 10.9. The van der Waals surface area contributed by atoms with Gasteiger partial charge >= 0.3 is 0 Å². The van der Waals surface area contributed by atoms with Crippen LogP contribution in [0.5, 0.6) is 5.75 Å². The van der Waals surface area contributed by atoms with Gasteiger partial charge in [0.25, 0.3) is 0 Å². The maximum Gasteiger partial charge on any atom is 0.211 e. The summed E-state index contributed by atoms with van der Waals surface area (Å²) >= 11 is 0. The SMILES string of the molecule is CN1c2ncccc2OC1C1=CCC=CC(NC=O)=C1. The normalized spacial score (nSPS) is 20.4. The first-order chi connectivity index (χ1) is 9.79. The molecular formula is C15H15N3O2. The Morgan fingerprint density at radius 1 is 1.55 bits per heavy atom. The number of likely N-dealkylation sites (N-methyl/N-ethyl adjacent to an activating group) is 1. The van der Waals surface area contributed by atoms with Crippen LogP contribution in [0.3, 0.4) is 0 Å². The number of carbonyl (C=O) groups excluding carboxylic acids is 1. The molecule has 0 fully saturated rings. The summed E-state index contributed by atoms with van der Waals surface area (Å²) in [7, 11) is 1.95. The highest BCUT2D eigenvalue weighted by molar-refractivity contribution is 5.59. The molecule has 1 atom stereocenters. The van der Waals surface area contributed by atoms with E-state index in [0.717, 1.165) is 29.3 Å². The van der Waals surface area contributed by atoms with E-state index in [1.54, 1.807) is 6.20 Å². The Labute approximate surface area is 117 Å². The summed E-state index contributed by atoms with van der Waals surface area (Å²) in [5, 5.41) is 2.68. The topological polar surface area (TPSA) is 54.5 Å². The van der Waals surface area contributed by atoms with E-state index >= 15 is 0 Å². The van der Waals surface area contributed by atoms with Crippen molar-refractivity contribution >= 4 is 12.2 Å². The van der Waals surface area contributed by atoms with Crippen LogP contribution in [0.25, 0.3) is 0 Å². The number of nitrogens with one attached hydrogen (secondary N) is 1. The molecular weight excluding hydrogens is 254 g/mol. The standard InChI is InChI=1S/C15H15N3O2/c1-18-14-13(7-4-8-16-14)20-15(18)11-5-2-3-6-12(9-11)17-10-19/h3-10,15H,2H2,1H3,(H,17,19). The highest BCUT2D eigenvalue weighted by Crippen LogP contribution is 2.36. The highest BCUT2D eigenvalue weighted by Gasteiger charge is 2.31. The van der Waals surface area contributed by atoms with Crippen molar-refractivity contribution < 1.29 is 9.53 Å². The van der Waals surface area contributed by atoms with Crippen molar-refractivity contribution in [3.05, 3.63) is 53.9 Å². The molecule has 5 heteroatoms. The third-order valence-corrected chi connectivity index (χ3v) is 3.30. The zero-order valence-corrected chi connectivity index (χ0v) is 11.1. The molecule has 102 valence electrons. The second-order valence-corrected chi connectivity index (χ2v) is 4.61. The zero-order chi connectivity index (χ0) is 13.9. The van der Waals surface area contributed by atoms with Crippen molar-refractivity contribution in [2.75, 3.05) is 11.9 Å². The minimum absolute atomic E-state index is 0.219. The lowest BCUT2D eigenvalue weighted by Crippen LogP contribution is -2.33. The smallest absolute Gasteiger partial charge is 0.211 e. The van der Waals surface area contributed by atoms with E-state index in [2.05, 4.69) is 16.4 Å². The Hall–Kier alpha value is -2.56. The number of carbonyl (C=O) groups is 1. The summed E-state index contributed by atoms with van der Waals surface area (Å²) in [6.45, 7) is 0. The lowest BCUT2D eigenvalue weighted by atomic mass is 10.1.